The summed E-state index contributed by atoms with van der Waals surface area (Å²) in [6.45, 7) is 2.21. The molecular formula is C17H23NO3S. The van der Waals surface area contributed by atoms with Gasteiger partial charge >= 0.3 is 0 Å². The lowest BCUT2D eigenvalue weighted by molar-refractivity contribution is 0.0973. The van der Waals surface area contributed by atoms with Crippen molar-refractivity contribution in [3.8, 4) is 0 Å². The first kappa shape index (κ1) is 17.0. The zero-order chi connectivity index (χ0) is 15.8. The Morgan fingerprint density at radius 3 is 2.55 bits per heavy atom. The van der Waals surface area contributed by atoms with Crippen LogP contribution in [-0.2, 0) is 14.9 Å². The molecular weight excluding hydrogens is 298 g/mol. The highest BCUT2D eigenvalue weighted by molar-refractivity contribution is 7.89. The first-order valence-corrected chi connectivity index (χ1v) is 9.19. The van der Waals surface area contributed by atoms with Crippen molar-refractivity contribution in [2.45, 2.75) is 50.3 Å². The van der Waals surface area contributed by atoms with Crippen LogP contribution in [0.4, 0.5) is 0 Å². The average Bonchev–Trinajstić information content (AvgIpc) is 2.52. The summed E-state index contributed by atoms with van der Waals surface area (Å²) < 4.78 is 23.9. The van der Waals surface area contributed by atoms with Gasteiger partial charge in [0.25, 0.3) is 10.0 Å². The fourth-order valence-electron chi connectivity index (χ4n) is 2.34. The van der Waals surface area contributed by atoms with Crippen LogP contribution < -0.4 is 4.89 Å². The van der Waals surface area contributed by atoms with Crippen LogP contribution in [0, 0.1) is 6.92 Å². The van der Waals surface area contributed by atoms with Gasteiger partial charge in [0.05, 0.1) is 11.5 Å². The third-order valence-electron chi connectivity index (χ3n) is 3.63. The minimum atomic E-state index is -3.60. The van der Waals surface area contributed by atoms with Crippen LogP contribution in [0.5, 0.6) is 0 Å². The minimum absolute atomic E-state index is 0.206. The highest BCUT2D eigenvalue weighted by Crippen LogP contribution is 2.21. The molecule has 0 atom stereocenters. The van der Waals surface area contributed by atoms with E-state index in [1.54, 1.807) is 24.3 Å². The van der Waals surface area contributed by atoms with Gasteiger partial charge in [-0.25, -0.2) is 8.42 Å². The highest BCUT2D eigenvalue weighted by Gasteiger charge is 2.13. The molecule has 1 aliphatic carbocycles. The Morgan fingerprint density at radius 2 is 1.86 bits per heavy atom. The van der Waals surface area contributed by atoms with Crippen LogP contribution in [0.15, 0.2) is 46.5 Å². The number of benzene rings is 1. The number of rotatable bonds is 6. The van der Waals surface area contributed by atoms with Crippen molar-refractivity contribution in [3.05, 3.63) is 47.2 Å². The van der Waals surface area contributed by atoms with Gasteiger partial charge in [0, 0.05) is 0 Å². The summed E-state index contributed by atoms with van der Waals surface area (Å²) in [5, 5.41) is 0. The third kappa shape index (κ3) is 5.43. The number of sulfonamides is 1. The second-order valence-corrected chi connectivity index (χ2v) is 7.19. The second-order valence-electron chi connectivity index (χ2n) is 5.55. The van der Waals surface area contributed by atoms with Crippen LogP contribution >= 0.6 is 0 Å². The smallest absolute Gasteiger partial charge is 0.262 e. The maximum Gasteiger partial charge on any atom is 0.262 e. The van der Waals surface area contributed by atoms with E-state index in [1.165, 1.54) is 24.8 Å². The summed E-state index contributed by atoms with van der Waals surface area (Å²) >= 11 is 0. The first-order chi connectivity index (χ1) is 10.6. The van der Waals surface area contributed by atoms with E-state index in [-0.39, 0.29) is 4.90 Å². The van der Waals surface area contributed by atoms with Crippen molar-refractivity contribution in [2.75, 3.05) is 6.61 Å². The average molecular weight is 321 g/mol. The van der Waals surface area contributed by atoms with Gasteiger partial charge in [-0.05, 0) is 62.8 Å². The molecule has 0 saturated heterocycles. The fraction of sp³-hybridized carbons (Fsp3) is 0.471. The van der Waals surface area contributed by atoms with Gasteiger partial charge in [0.2, 0.25) is 0 Å². The van der Waals surface area contributed by atoms with Crippen LogP contribution in [0.25, 0.3) is 0 Å². The molecule has 0 amide bonds. The molecule has 1 aliphatic rings. The van der Waals surface area contributed by atoms with Gasteiger partial charge in [-0.3, -0.25) is 4.84 Å². The predicted octanol–water partition coefficient (Wildman–Crippen LogP) is 3.64. The van der Waals surface area contributed by atoms with Gasteiger partial charge in [0.15, 0.2) is 0 Å². The van der Waals surface area contributed by atoms with E-state index >= 15 is 0 Å². The Hall–Kier alpha value is -1.39. The van der Waals surface area contributed by atoms with Crippen molar-refractivity contribution in [1.29, 1.82) is 0 Å². The Kier molecular flexibility index (Phi) is 6.40. The molecule has 1 N–H and O–H groups in total. The zero-order valence-corrected chi connectivity index (χ0v) is 13.8. The van der Waals surface area contributed by atoms with E-state index < -0.39 is 10.0 Å². The van der Waals surface area contributed by atoms with Crippen molar-refractivity contribution >= 4 is 10.0 Å². The van der Waals surface area contributed by atoms with Gasteiger partial charge in [-0.1, -0.05) is 29.0 Å². The number of hydrogen-bond donors (Lipinski definition) is 1. The molecule has 0 bridgehead atoms. The van der Waals surface area contributed by atoms with Crippen molar-refractivity contribution in [3.63, 3.8) is 0 Å². The largest absolute Gasteiger partial charge is 0.286 e. The standard InChI is InChI=1S/C17H23NO3S/c1-15-10-12-17(13-11-15)22(19,20)18-21-14-6-5-9-16-7-3-2-4-8-16/h5,10-13,18H,2-4,6-8,14H2,1H3. The van der Waals surface area contributed by atoms with Gasteiger partial charge in [-0.2, -0.15) is 0 Å². The summed E-state index contributed by atoms with van der Waals surface area (Å²) in [6, 6.07) is 6.64. The Morgan fingerprint density at radius 1 is 1.18 bits per heavy atom. The van der Waals surface area contributed by atoms with E-state index in [1.807, 2.05) is 13.0 Å². The van der Waals surface area contributed by atoms with E-state index in [9.17, 15) is 8.42 Å². The molecule has 5 heteroatoms. The second kappa shape index (κ2) is 8.30. The topological polar surface area (TPSA) is 55.4 Å². The van der Waals surface area contributed by atoms with E-state index in [0.29, 0.717) is 13.0 Å². The molecule has 0 unspecified atom stereocenters. The van der Waals surface area contributed by atoms with Gasteiger partial charge in [0.1, 0.15) is 0 Å². The molecule has 1 fully saturated rings. The maximum atomic E-state index is 12.0. The molecule has 1 aromatic rings. The molecule has 4 nitrogen and oxygen atoms in total. The van der Waals surface area contributed by atoms with E-state index in [0.717, 1.165) is 18.4 Å². The number of nitrogens with one attached hydrogen (secondary N) is 1. The first-order valence-electron chi connectivity index (χ1n) is 7.71. The SMILES string of the molecule is Cc1ccc(S(=O)(=O)NOCCC=C=C2CCCCC2)cc1. The summed E-state index contributed by atoms with van der Waals surface area (Å²) in [7, 11) is -3.60. The molecule has 0 aliphatic heterocycles. The molecule has 0 spiro atoms. The summed E-state index contributed by atoms with van der Waals surface area (Å²) in [6.07, 6.45) is 8.66. The molecule has 0 aromatic heterocycles. The summed E-state index contributed by atoms with van der Waals surface area (Å²) in [5.41, 5.74) is 5.67. The third-order valence-corrected chi connectivity index (χ3v) is 4.86. The highest BCUT2D eigenvalue weighted by atomic mass is 32.2. The molecule has 22 heavy (non-hydrogen) atoms. The molecule has 1 aromatic carbocycles. The van der Waals surface area contributed by atoms with Crippen LogP contribution in [0.3, 0.4) is 0 Å². The summed E-state index contributed by atoms with van der Waals surface area (Å²) in [4.78, 5) is 7.41. The molecule has 0 radical (unpaired) electrons. The van der Waals surface area contributed by atoms with Crippen molar-refractivity contribution < 1.29 is 13.3 Å². The Balaban J connectivity index is 1.76. The van der Waals surface area contributed by atoms with Gasteiger partial charge < -0.3 is 0 Å². The number of hydrogen-bond acceptors (Lipinski definition) is 3. The number of aryl methyl sites for hydroxylation is 1. The Labute approximate surface area is 132 Å². The molecule has 120 valence electrons. The lowest BCUT2D eigenvalue weighted by Crippen LogP contribution is -2.24. The van der Waals surface area contributed by atoms with E-state index in [4.69, 9.17) is 4.84 Å². The van der Waals surface area contributed by atoms with Crippen LogP contribution in [0.1, 0.15) is 44.1 Å². The predicted molar refractivity (Wildman–Crippen MR) is 86.8 cm³/mol. The van der Waals surface area contributed by atoms with E-state index in [2.05, 4.69) is 10.6 Å². The summed E-state index contributed by atoms with van der Waals surface area (Å²) in [5.74, 6) is 0. The van der Waals surface area contributed by atoms with Crippen molar-refractivity contribution in [1.82, 2.24) is 4.89 Å². The normalized spacial score (nSPS) is 15.4. The lowest BCUT2D eigenvalue weighted by atomic mass is 9.96. The fourth-order valence-corrected chi connectivity index (χ4v) is 3.17. The van der Waals surface area contributed by atoms with Crippen molar-refractivity contribution in [2.24, 2.45) is 0 Å². The molecule has 0 heterocycles. The zero-order valence-electron chi connectivity index (χ0n) is 13.0. The monoisotopic (exact) mass is 321 g/mol. The van der Waals surface area contributed by atoms with Crippen LogP contribution in [0.2, 0.25) is 0 Å². The Bertz CT molecular complexity index is 633. The maximum absolute atomic E-state index is 12.0. The lowest BCUT2D eigenvalue weighted by Gasteiger charge is -2.10. The quantitative estimate of drug-likeness (QED) is 0.494. The van der Waals surface area contributed by atoms with Crippen LogP contribution in [-0.4, -0.2) is 15.0 Å². The molecule has 1 saturated carbocycles. The molecule has 2 rings (SSSR count). The minimum Gasteiger partial charge on any atom is -0.286 e. The van der Waals surface area contributed by atoms with Gasteiger partial charge in [-0.15, -0.1) is 5.73 Å².